The highest BCUT2D eigenvalue weighted by Gasteiger charge is 2.30. The second kappa shape index (κ2) is 5.11. The molecule has 0 N–H and O–H groups in total. The minimum atomic E-state index is -2.86. The van der Waals surface area contributed by atoms with Crippen molar-refractivity contribution in [2.24, 2.45) is 11.3 Å². The van der Waals surface area contributed by atoms with E-state index < -0.39 is 12.3 Å². The number of carbonyl (C=O) groups is 1. The number of hydrogen-bond acceptors (Lipinski definition) is 1. The number of likely N-dealkylation sites (tertiary alicyclic amines) is 1. The molecule has 1 saturated heterocycles. The summed E-state index contributed by atoms with van der Waals surface area (Å²) in [4.78, 5) is 12.5. The molecule has 1 rings (SSSR count). The van der Waals surface area contributed by atoms with E-state index in [-0.39, 0.29) is 5.41 Å². The Morgan fingerprint density at radius 1 is 1.25 bits per heavy atom. The summed E-state index contributed by atoms with van der Waals surface area (Å²) in [5.74, 6) is -0.488. The zero-order valence-electron chi connectivity index (χ0n) is 10.3. The summed E-state index contributed by atoms with van der Waals surface area (Å²) >= 11 is 0. The standard InChI is InChI=1S/C12H21F2NO/c1-12(2,3)9-5-4-7-15(8-6-9)11(16)10(13)14/h9-10H,4-8H2,1-3H3. The maximum atomic E-state index is 12.3. The van der Waals surface area contributed by atoms with Gasteiger partial charge >= 0.3 is 6.43 Å². The van der Waals surface area contributed by atoms with Crippen LogP contribution in [0.1, 0.15) is 40.0 Å². The van der Waals surface area contributed by atoms with Gasteiger partial charge in [-0.3, -0.25) is 4.79 Å². The van der Waals surface area contributed by atoms with Crippen molar-refractivity contribution in [1.29, 1.82) is 0 Å². The van der Waals surface area contributed by atoms with Crippen LogP contribution in [0, 0.1) is 11.3 Å². The largest absolute Gasteiger partial charge is 0.338 e. The van der Waals surface area contributed by atoms with E-state index in [1.807, 2.05) is 0 Å². The van der Waals surface area contributed by atoms with Crippen LogP contribution in [-0.2, 0) is 4.79 Å². The molecule has 1 atom stereocenters. The quantitative estimate of drug-likeness (QED) is 0.682. The summed E-state index contributed by atoms with van der Waals surface area (Å²) in [7, 11) is 0. The van der Waals surface area contributed by atoms with Gasteiger partial charge in [-0.2, -0.15) is 8.78 Å². The average molecular weight is 233 g/mol. The van der Waals surface area contributed by atoms with Gasteiger partial charge in [0.25, 0.3) is 5.91 Å². The molecule has 94 valence electrons. The first-order chi connectivity index (χ1) is 7.32. The molecule has 1 heterocycles. The average Bonchev–Trinajstić information content (AvgIpc) is 2.40. The molecule has 1 aliphatic heterocycles. The minimum absolute atomic E-state index is 0.198. The molecule has 0 radical (unpaired) electrons. The topological polar surface area (TPSA) is 20.3 Å². The Hall–Kier alpha value is -0.670. The van der Waals surface area contributed by atoms with Gasteiger partial charge in [0.1, 0.15) is 0 Å². The molecular formula is C12H21F2NO. The summed E-state index contributed by atoms with van der Waals surface area (Å²) in [6.07, 6.45) is -0.162. The monoisotopic (exact) mass is 233 g/mol. The van der Waals surface area contributed by atoms with Gasteiger partial charge < -0.3 is 4.90 Å². The number of halogens is 2. The smallest absolute Gasteiger partial charge is 0.315 e. The predicted molar refractivity (Wildman–Crippen MR) is 59.4 cm³/mol. The van der Waals surface area contributed by atoms with E-state index in [0.717, 1.165) is 19.3 Å². The number of carbonyl (C=O) groups excluding carboxylic acids is 1. The first-order valence-electron chi connectivity index (χ1n) is 5.89. The third-order valence-corrected chi connectivity index (χ3v) is 3.45. The third kappa shape index (κ3) is 3.42. The second-order valence-corrected chi connectivity index (χ2v) is 5.62. The second-order valence-electron chi connectivity index (χ2n) is 5.62. The number of rotatable bonds is 1. The van der Waals surface area contributed by atoms with E-state index >= 15 is 0 Å². The molecule has 2 nitrogen and oxygen atoms in total. The Balaban J connectivity index is 2.56. The molecule has 16 heavy (non-hydrogen) atoms. The fourth-order valence-electron chi connectivity index (χ4n) is 2.32. The summed E-state index contributed by atoms with van der Waals surface area (Å²) < 4.78 is 24.6. The summed E-state index contributed by atoms with van der Waals surface area (Å²) in [5, 5.41) is 0. The minimum Gasteiger partial charge on any atom is -0.338 e. The Kier molecular flexibility index (Phi) is 4.28. The molecule has 1 fully saturated rings. The Morgan fingerprint density at radius 3 is 2.38 bits per heavy atom. The number of amides is 1. The molecule has 0 aromatic rings. The fourth-order valence-corrected chi connectivity index (χ4v) is 2.32. The van der Waals surface area contributed by atoms with Crippen LogP contribution in [0.3, 0.4) is 0 Å². The first-order valence-corrected chi connectivity index (χ1v) is 5.89. The Labute approximate surface area is 96.0 Å². The van der Waals surface area contributed by atoms with Crippen LogP contribution in [0.4, 0.5) is 8.78 Å². The molecule has 4 heteroatoms. The van der Waals surface area contributed by atoms with Gasteiger partial charge in [-0.1, -0.05) is 20.8 Å². The lowest BCUT2D eigenvalue weighted by molar-refractivity contribution is -0.142. The fraction of sp³-hybridized carbons (Fsp3) is 0.917. The normalized spacial score (nSPS) is 23.4. The molecular weight excluding hydrogens is 212 g/mol. The summed E-state index contributed by atoms with van der Waals surface area (Å²) in [5.41, 5.74) is 0.198. The molecule has 0 aliphatic carbocycles. The SMILES string of the molecule is CC(C)(C)C1CCCN(C(=O)C(F)F)CC1. The Morgan fingerprint density at radius 2 is 1.88 bits per heavy atom. The van der Waals surface area contributed by atoms with Crippen LogP contribution in [0.5, 0.6) is 0 Å². The van der Waals surface area contributed by atoms with Crippen LogP contribution in [0.25, 0.3) is 0 Å². The highest BCUT2D eigenvalue weighted by molar-refractivity contribution is 5.79. The van der Waals surface area contributed by atoms with E-state index in [9.17, 15) is 13.6 Å². The van der Waals surface area contributed by atoms with Gasteiger partial charge in [-0.15, -0.1) is 0 Å². The van der Waals surface area contributed by atoms with E-state index in [4.69, 9.17) is 0 Å². The zero-order chi connectivity index (χ0) is 12.3. The van der Waals surface area contributed by atoms with Gasteiger partial charge in [0.05, 0.1) is 0 Å². The number of alkyl halides is 2. The lowest BCUT2D eigenvalue weighted by atomic mass is 9.77. The van der Waals surface area contributed by atoms with Gasteiger partial charge in [0.15, 0.2) is 0 Å². The van der Waals surface area contributed by atoms with Crippen LogP contribution in [0.15, 0.2) is 0 Å². The van der Waals surface area contributed by atoms with Gasteiger partial charge in [0, 0.05) is 13.1 Å². The van der Waals surface area contributed by atoms with Crippen molar-refractivity contribution in [2.75, 3.05) is 13.1 Å². The van der Waals surface area contributed by atoms with Crippen molar-refractivity contribution < 1.29 is 13.6 Å². The molecule has 1 aliphatic rings. The van der Waals surface area contributed by atoms with Crippen LogP contribution in [0.2, 0.25) is 0 Å². The predicted octanol–water partition coefficient (Wildman–Crippen LogP) is 2.93. The molecule has 0 spiro atoms. The third-order valence-electron chi connectivity index (χ3n) is 3.45. The van der Waals surface area contributed by atoms with Gasteiger partial charge in [0.2, 0.25) is 0 Å². The summed E-state index contributed by atoms with van der Waals surface area (Å²) in [6.45, 7) is 7.47. The molecule has 1 amide bonds. The van der Waals surface area contributed by atoms with E-state index in [0.29, 0.717) is 19.0 Å². The first kappa shape index (κ1) is 13.4. The highest BCUT2D eigenvalue weighted by atomic mass is 19.3. The van der Waals surface area contributed by atoms with E-state index in [1.54, 1.807) is 0 Å². The van der Waals surface area contributed by atoms with E-state index in [2.05, 4.69) is 20.8 Å². The molecule has 0 aromatic carbocycles. The molecule has 0 saturated carbocycles. The van der Waals surface area contributed by atoms with Crippen LogP contribution in [-0.4, -0.2) is 30.3 Å². The van der Waals surface area contributed by atoms with Crippen molar-refractivity contribution in [2.45, 2.75) is 46.5 Å². The van der Waals surface area contributed by atoms with Crippen molar-refractivity contribution in [3.8, 4) is 0 Å². The molecule has 0 bridgehead atoms. The molecule has 0 aromatic heterocycles. The maximum absolute atomic E-state index is 12.3. The number of hydrogen-bond donors (Lipinski definition) is 0. The maximum Gasteiger partial charge on any atom is 0.315 e. The zero-order valence-corrected chi connectivity index (χ0v) is 10.3. The highest BCUT2D eigenvalue weighted by Crippen LogP contribution is 2.34. The van der Waals surface area contributed by atoms with Crippen molar-refractivity contribution >= 4 is 5.91 Å². The van der Waals surface area contributed by atoms with Crippen molar-refractivity contribution in [3.05, 3.63) is 0 Å². The number of nitrogens with zero attached hydrogens (tertiary/aromatic N) is 1. The Bertz CT molecular complexity index is 248. The van der Waals surface area contributed by atoms with E-state index in [1.165, 1.54) is 4.90 Å². The van der Waals surface area contributed by atoms with Gasteiger partial charge in [-0.25, -0.2) is 0 Å². The van der Waals surface area contributed by atoms with Crippen LogP contribution >= 0.6 is 0 Å². The lowest BCUT2D eigenvalue weighted by Gasteiger charge is -2.29. The lowest BCUT2D eigenvalue weighted by Crippen LogP contribution is -2.36. The van der Waals surface area contributed by atoms with Gasteiger partial charge in [-0.05, 0) is 30.6 Å². The summed E-state index contributed by atoms with van der Waals surface area (Å²) in [6, 6.07) is 0. The van der Waals surface area contributed by atoms with Crippen LogP contribution < -0.4 is 0 Å². The molecule has 1 unspecified atom stereocenters. The van der Waals surface area contributed by atoms with Crippen molar-refractivity contribution in [1.82, 2.24) is 4.90 Å². The van der Waals surface area contributed by atoms with Crippen molar-refractivity contribution in [3.63, 3.8) is 0 Å².